The van der Waals surface area contributed by atoms with Crippen LogP contribution in [0.1, 0.15) is 11.6 Å². The number of rotatable bonds is 4. The Morgan fingerprint density at radius 1 is 1.38 bits per heavy atom. The van der Waals surface area contributed by atoms with Crippen LogP contribution in [0.5, 0.6) is 5.75 Å². The van der Waals surface area contributed by atoms with Crippen LogP contribution in [0.15, 0.2) is 49.2 Å². The smallest absolute Gasteiger partial charge is 0.319 e. The van der Waals surface area contributed by atoms with E-state index in [2.05, 4.69) is 23.8 Å². The Morgan fingerprint density at radius 3 is 2.67 bits per heavy atom. The zero-order valence-electron chi connectivity index (χ0n) is 11.3. The Hall–Kier alpha value is -2.76. The zero-order chi connectivity index (χ0) is 15.4. The molecular weight excluding hydrogens is 272 g/mol. The lowest BCUT2D eigenvalue weighted by Crippen LogP contribution is -2.51. The number of carbonyl (C=O) groups is 2. The minimum absolute atomic E-state index is 0.0822. The lowest BCUT2D eigenvalue weighted by atomic mass is 9.89. The SMILES string of the molecule is C=CCOC(=O)[C@H]1C(=C)NC(=O)N[C@@H]1c1ccc(O)cc1. The van der Waals surface area contributed by atoms with E-state index in [1.54, 1.807) is 12.1 Å². The van der Waals surface area contributed by atoms with Crippen LogP contribution in [0, 0.1) is 5.92 Å². The number of nitrogens with one attached hydrogen (secondary N) is 2. The third kappa shape index (κ3) is 3.22. The molecule has 1 fully saturated rings. The topological polar surface area (TPSA) is 87.7 Å². The summed E-state index contributed by atoms with van der Waals surface area (Å²) in [6.07, 6.45) is 1.46. The van der Waals surface area contributed by atoms with Crippen molar-refractivity contribution in [2.75, 3.05) is 6.61 Å². The first kappa shape index (κ1) is 14.6. The third-order valence-electron chi connectivity index (χ3n) is 3.12. The predicted octanol–water partition coefficient (Wildman–Crippen LogP) is 1.61. The van der Waals surface area contributed by atoms with Crippen molar-refractivity contribution < 1.29 is 19.4 Å². The second kappa shape index (κ2) is 6.13. The van der Waals surface area contributed by atoms with E-state index in [4.69, 9.17) is 4.74 Å². The van der Waals surface area contributed by atoms with Gasteiger partial charge in [0, 0.05) is 5.70 Å². The number of urea groups is 1. The van der Waals surface area contributed by atoms with Crippen molar-refractivity contribution in [3.8, 4) is 5.75 Å². The summed E-state index contributed by atoms with van der Waals surface area (Å²) >= 11 is 0. The number of aromatic hydroxyl groups is 1. The highest BCUT2D eigenvalue weighted by Crippen LogP contribution is 2.31. The monoisotopic (exact) mass is 288 g/mol. The first-order valence-corrected chi connectivity index (χ1v) is 6.35. The summed E-state index contributed by atoms with van der Waals surface area (Å²) in [5, 5.41) is 14.5. The molecule has 0 aliphatic carbocycles. The highest BCUT2D eigenvalue weighted by Gasteiger charge is 2.38. The van der Waals surface area contributed by atoms with Crippen molar-refractivity contribution >= 4 is 12.0 Å². The molecule has 3 N–H and O–H groups in total. The highest BCUT2D eigenvalue weighted by molar-refractivity contribution is 5.85. The van der Waals surface area contributed by atoms with Gasteiger partial charge in [0.2, 0.25) is 0 Å². The molecule has 0 saturated carbocycles. The fourth-order valence-electron chi connectivity index (χ4n) is 2.15. The Balaban J connectivity index is 2.30. The van der Waals surface area contributed by atoms with Crippen LogP contribution in [-0.2, 0) is 9.53 Å². The third-order valence-corrected chi connectivity index (χ3v) is 3.12. The number of amides is 2. The van der Waals surface area contributed by atoms with Crippen molar-refractivity contribution in [3.63, 3.8) is 0 Å². The second-order valence-electron chi connectivity index (χ2n) is 4.59. The van der Waals surface area contributed by atoms with Gasteiger partial charge in [-0.2, -0.15) is 0 Å². The molecule has 2 rings (SSSR count). The minimum atomic E-state index is -0.757. The molecule has 1 aromatic rings. The minimum Gasteiger partial charge on any atom is -0.508 e. The molecule has 0 radical (unpaired) electrons. The van der Waals surface area contributed by atoms with Gasteiger partial charge in [0.1, 0.15) is 18.3 Å². The number of hydrogen-bond acceptors (Lipinski definition) is 4. The van der Waals surface area contributed by atoms with E-state index in [0.29, 0.717) is 5.56 Å². The van der Waals surface area contributed by atoms with Crippen molar-refractivity contribution in [3.05, 3.63) is 54.8 Å². The summed E-state index contributed by atoms with van der Waals surface area (Å²) in [4.78, 5) is 23.8. The lowest BCUT2D eigenvalue weighted by Gasteiger charge is -2.33. The van der Waals surface area contributed by atoms with E-state index in [0.717, 1.165) is 0 Å². The fraction of sp³-hybridized carbons (Fsp3) is 0.200. The average Bonchev–Trinajstić information content (AvgIpc) is 2.44. The maximum absolute atomic E-state index is 12.2. The van der Waals surface area contributed by atoms with E-state index >= 15 is 0 Å². The fourth-order valence-corrected chi connectivity index (χ4v) is 2.15. The first-order valence-electron chi connectivity index (χ1n) is 6.35. The molecule has 1 aliphatic heterocycles. The summed E-state index contributed by atoms with van der Waals surface area (Å²) < 4.78 is 5.05. The first-order chi connectivity index (χ1) is 10.0. The van der Waals surface area contributed by atoms with Crippen molar-refractivity contribution in [1.29, 1.82) is 0 Å². The summed E-state index contributed by atoms with van der Waals surface area (Å²) in [5.41, 5.74) is 0.940. The maximum Gasteiger partial charge on any atom is 0.319 e. The molecule has 21 heavy (non-hydrogen) atoms. The molecule has 1 aromatic carbocycles. The van der Waals surface area contributed by atoms with Gasteiger partial charge in [-0.25, -0.2) is 4.79 Å². The van der Waals surface area contributed by atoms with Gasteiger partial charge in [-0.15, -0.1) is 0 Å². The molecule has 6 nitrogen and oxygen atoms in total. The van der Waals surface area contributed by atoms with Crippen molar-refractivity contribution in [1.82, 2.24) is 10.6 Å². The molecule has 0 bridgehead atoms. The molecule has 110 valence electrons. The zero-order valence-corrected chi connectivity index (χ0v) is 11.3. The molecule has 0 aromatic heterocycles. The Kier molecular flexibility index (Phi) is 4.27. The molecule has 6 heteroatoms. The van der Waals surface area contributed by atoms with Gasteiger partial charge in [0.25, 0.3) is 0 Å². The number of esters is 1. The van der Waals surface area contributed by atoms with Gasteiger partial charge in [-0.1, -0.05) is 31.4 Å². The Labute approximate surface area is 122 Å². The number of benzene rings is 1. The molecule has 0 unspecified atom stereocenters. The Bertz CT molecular complexity index is 580. The Morgan fingerprint density at radius 2 is 2.05 bits per heavy atom. The van der Waals surface area contributed by atoms with Crippen molar-refractivity contribution in [2.45, 2.75) is 6.04 Å². The van der Waals surface area contributed by atoms with Gasteiger partial charge >= 0.3 is 12.0 Å². The van der Waals surface area contributed by atoms with E-state index in [9.17, 15) is 14.7 Å². The summed E-state index contributed by atoms with van der Waals surface area (Å²) in [7, 11) is 0. The predicted molar refractivity (Wildman–Crippen MR) is 76.3 cm³/mol. The van der Waals surface area contributed by atoms with E-state index in [1.165, 1.54) is 18.2 Å². The summed E-state index contributed by atoms with van der Waals surface area (Å²) in [6.45, 7) is 7.29. The molecule has 1 aliphatic rings. The number of phenolic OH excluding ortho intramolecular Hbond substituents is 1. The quantitative estimate of drug-likeness (QED) is 0.580. The van der Waals surface area contributed by atoms with Gasteiger partial charge in [-0.3, -0.25) is 4.79 Å². The number of hydrogen-bond donors (Lipinski definition) is 3. The van der Waals surface area contributed by atoms with Gasteiger partial charge in [0.05, 0.1) is 6.04 Å². The molecule has 2 amide bonds. The molecular formula is C15H16N2O4. The maximum atomic E-state index is 12.2. The van der Waals surface area contributed by atoms with Crippen LogP contribution in [0.3, 0.4) is 0 Å². The molecule has 1 heterocycles. The summed E-state index contributed by atoms with van der Waals surface area (Å²) in [5.74, 6) is -1.17. The molecule has 2 atom stereocenters. The van der Waals surface area contributed by atoms with E-state index in [1.807, 2.05) is 0 Å². The number of ether oxygens (including phenoxy) is 1. The lowest BCUT2D eigenvalue weighted by molar-refractivity contribution is -0.147. The van der Waals surface area contributed by atoms with Crippen LogP contribution in [-0.4, -0.2) is 23.7 Å². The number of carbonyl (C=O) groups excluding carboxylic acids is 2. The second-order valence-corrected chi connectivity index (χ2v) is 4.59. The molecule has 0 spiro atoms. The standard InChI is InChI=1S/C15H16N2O4/c1-3-8-21-14(19)12-9(2)16-15(20)17-13(12)10-4-6-11(18)7-5-10/h3-7,12-13,18H,1-2,8H2,(H2,16,17,20)/t12-,13+/m0/s1. The van der Waals surface area contributed by atoms with Gasteiger partial charge in [-0.05, 0) is 17.7 Å². The van der Waals surface area contributed by atoms with Crippen LogP contribution in [0.25, 0.3) is 0 Å². The summed E-state index contributed by atoms with van der Waals surface area (Å²) in [6, 6.07) is 5.19. The molecule has 1 saturated heterocycles. The van der Waals surface area contributed by atoms with Crippen LogP contribution < -0.4 is 10.6 Å². The normalized spacial score (nSPS) is 21.1. The van der Waals surface area contributed by atoms with Crippen molar-refractivity contribution in [2.24, 2.45) is 5.92 Å². The van der Waals surface area contributed by atoms with Gasteiger partial charge < -0.3 is 20.5 Å². The van der Waals surface area contributed by atoms with Crippen LogP contribution in [0.4, 0.5) is 4.79 Å². The highest BCUT2D eigenvalue weighted by atomic mass is 16.5. The van der Waals surface area contributed by atoms with Crippen LogP contribution in [0.2, 0.25) is 0 Å². The van der Waals surface area contributed by atoms with E-state index in [-0.39, 0.29) is 18.1 Å². The largest absolute Gasteiger partial charge is 0.508 e. The van der Waals surface area contributed by atoms with Gasteiger partial charge in [0.15, 0.2) is 0 Å². The average molecular weight is 288 g/mol. The number of phenols is 1. The van der Waals surface area contributed by atoms with E-state index < -0.39 is 24.0 Å². The van der Waals surface area contributed by atoms with Crippen LogP contribution >= 0.6 is 0 Å².